The Morgan fingerprint density at radius 1 is 1.32 bits per heavy atom. The summed E-state index contributed by atoms with van der Waals surface area (Å²) < 4.78 is 0. The average molecular weight is 249 g/mol. The molecule has 92 valence electrons. The van der Waals surface area contributed by atoms with Crippen LogP contribution < -0.4 is 5.73 Å². The van der Waals surface area contributed by atoms with Crippen LogP contribution >= 0.6 is 0 Å². The van der Waals surface area contributed by atoms with Crippen molar-refractivity contribution in [3.05, 3.63) is 46.6 Å². The summed E-state index contributed by atoms with van der Waals surface area (Å²) in [6.07, 6.45) is 1.69. The molecule has 0 bridgehead atoms. The third-order valence-electron chi connectivity index (χ3n) is 2.68. The quantitative estimate of drug-likeness (QED) is 0.796. The summed E-state index contributed by atoms with van der Waals surface area (Å²) in [6.45, 7) is 1.99. The summed E-state index contributed by atoms with van der Waals surface area (Å²) in [6, 6.07) is 11.7. The third kappa shape index (κ3) is 2.46. The number of anilines is 1. The van der Waals surface area contributed by atoms with Crippen LogP contribution in [0.5, 0.6) is 0 Å². The number of benzene rings is 1. The van der Waals surface area contributed by atoms with Gasteiger partial charge in [-0.25, -0.2) is 0 Å². The van der Waals surface area contributed by atoms with Gasteiger partial charge in [-0.1, -0.05) is 29.8 Å². The Hall–Kier alpha value is -3.05. The number of rotatable bonds is 2. The highest BCUT2D eigenvalue weighted by Gasteiger charge is 2.14. The minimum atomic E-state index is 0.0996. The first-order valence-electron chi connectivity index (χ1n) is 5.58. The molecule has 5 nitrogen and oxygen atoms in total. The Balaban J connectivity index is 2.49. The maximum absolute atomic E-state index is 9.21. The topological polar surface area (TPSA) is 102 Å². The Morgan fingerprint density at radius 3 is 2.58 bits per heavy atom. The summed E-state index contributed by atoms with van der Waals surface area (Å²) in [5.41, 5.74) is 8.44. The zero-order valence-electron chi connectivity index (χ0n) is 10.3. The number of aromatic amines is 1. The van der Waals surface area contributed by atoms with Crippen LogP contribution in [0.4, 0.5) is 5.82 Å². The van der Waals surface area contributed by atoms with E-state index in [1.807, 2.05) is 37.3 Å². The van der Waals surface area contributed by atoms with E-state index in [1.165, 1.54) is 0 Å². The molecular weight excluding hydrogens is 238 g/mol. The van der Waals surface area contributed by atoms with Gasteiger partial charge < -0.3 is 5.73 Å². The van der Waals surface area contributed by atoms with E-state index in [4.69, 9.17) is 11.0 Å². The van der Waals surface area contributed by atoms with Crippen molar-refractivity contribution in [1.29, 1.82) is 10.5 Å². The summed E-state index contributed by atoms with van der Waals surface area (Å²) in [5, 5.41) is 24.6. The average Bonchev–Trinajstić information content (AvgIpc) is 2.79. The first kappa shape index (κ1) is 12.4. The van der Waals surface area contributed by atoms with E-state index < -0.39 is 0 Å². The van der Waals surface area contributed by atoms with Gasteiger partial charge in [-0.05, 0) is 18.6 Å². The number of nitrogens with one attached hydrogen (secondary N) is 1. The Labute approximate surface area is 110 Å². The molecule has 1 heterocycles. The van der Waals surface area contributed by atoms with Crippen LogP contribution in [-0.4, -0.2) is 10.2 Å². The molecule has 3 N–H and O–H groups in total. The molecule has 2 aromatic rings. The summed E-state index contributed by atoms with van der Waals surface area (Å²) in [4.78, 5) is 0. The van der Waals surface area contributed by atoms with Crippen molar-refractivity contribution in [2.75, 3.05) is 5.73 Å². The van der Waals surface area contributed by atoms with E-state index in [2.05, 4.69) is 16.3 Å². The van der Waals surface area contributed by atoms with Crippen molar-refractivity contribution in [2.45, 2.75) is 6.92 Å². The molecule has 19 heavy (non-hydrogen) atoms. The highest BCUT2D eigenvalue weighted by molar-refractivity contribution is 5.91. The van der Waals surface area contributed by atoms with Crippen molar-refractivity contribution in [1.82, 2.24) is 10.2 Å². The number of nitriles is 2. The molecule has 0 aliphatic carbocycles. The molecule has 0 fully saturated rings. The fourth-order valence-electron chi connectivity index (χ4n) is 1.65. The largest absolute Gasteiger partial charge is 0.381 e. The van der Waals surface area contributed by atoms with E-state index in [1.54, 1.807) is 6.08 Å². The van der Waals surface area contributed by atoms with E-state index in [9.17, 15) is 5.26 Å². The molecule has 1 aromatic carbocycles. The summed E-state index contributed by atoms with van der Waals surface area (Å²) in [7, 11) is 0. The monoisotopic (exact) mass is 249 g/mol. The third-order valence-corrected chi connectivity index (χ3v) is 2.68. The van der Waals surface area contributed by atoms with Gasteiger partial charge in [0.15, 0.2) is 5.82 Å². The minimum absolute atomic E-state index is 0.0996. The second kappa shape index (κ2) is 5.07. The standard InChI is InChI=1S/C14H11N5/c1-9-2-4-10(5-3-9)6-11(7-15)13-12(8-16)14(17)19-18-13/h2-6H,1H3,(H3,17,18,19)/b11-6+. The zero-order chi connectivity index (χ0) is 13.8. The van der Waals surface area contributed by atoms with Gasteiger partial charge in [-0.3, -0.25) is 5.10 Å². The molecule has 0 radical (unpaired) electrons. The predicted molar refractivity (Wildman–Crippen MR) is 72.4 cm³/mol. The maximum atomic E-state index is 9.21. The van der Waals surface area contributed by atoms with Gasteiger partial charge in [-0.15, -0.1) is 0 Å². The molecule has 0 spiro atoms. The zero-order valence-corrected chi connectivity index (χ0v) is 10.3. The molecule has 1 aromatic heterocycles. The molecule has 0 saturated carbocycles. The first-order chi connectivity index (χ1) is 9.15. The van der Waals surface area contributed by atoms with Crippen LogP contribution in [0.3, 0.4) is 0 Å². The van der Waals surface area contributed by atoms with Crippen LogP contribution in [0.25, 0.3) is 11.6 Å². The van der Waals surface area contributed by atoms with Crippen molar-refractivity contribution >= 4 is 17.5 Å². The van der Waals surface area contributed by atoms with Crippen molar-refractivity contribution in [3.63, 3.8) is 0 Å². The SMILES string of the molecule is Cc1ccc(/C=C(\C#N)c2[nH]nc(N)c2C#N)cc1. The number of hydrogen-bond acceptors (Lipinski definition) is 4. The van der Waals surface area contributed by atoms with E-state index in [-0.39, 0.29) is 11.4 Å². The number of aryl methyl sites for hydroxylation is 1. The number of hydrogen-bond donors (Lipinski definition) is 2. The molecule has 0 unspecified atom stereocenters. The Morgan fingerprint density at radius 2 is 2.00 bits per heavy atom. The van der Waals surface area contributed by atoms with Crippen molar-refractivity contribution < 1.29 is 0 Å². The van der Waals surface area contributed by atoms with E-state index in [0.717, 1.165) is 11.1 Å². The number of nitrogen functional groups attached to an aromatic ring is 1. The van der Waals surface area contributed by atoms with Crippen LogP contribution in [0, 0.1) is 29.6 Å². The fourth-order valence-corrected chi connectivity index (χ4v) is 1.65. The lowest BCUT2D eigenvalue weighted by Crippen LogP contribution is -1.89. The molecule has 5 heteroatoms. The number of aromatic nitrogens is 2. The van der Waals surface area contributed by atoms with Gasteiger partial charge in [0.05, 0.1) is 11.3 Å². The number of nitrogens with two attached hydrogens (primary N) is 1. The van der Waals surface area contributed by atoms with Crippen LogP contribution in [-0.2, 0) is 0 Å². The van der Waals surface area contributed by atoms with Gasteiger partial charge in [0.2, 0.25) is 0 Å². The highest BCUT2D eigenvalue weighted by Crippen LogP contribution is 2.22. The van der Waals surface area contributed by atoms with Crippen molar-refractivity contribution in [2.24, 2.45) is 0 Å². The lowest BCUT2D eigenvalue weighted by atomic mass is 10.1. The summed E-state index contributed by atoms with van der Waals surface area (Å²) >= 11 is 0. The number of nitrogens with zero attached hydrogens (tertiary/aromatic N) is 3. The number of allylic oxidation sites excluding steroid dienone is 1. The van der Waals surface area contributed by atoms with Crippen LogP contribution in [0.2, 0.25) is 0 Å². The fraction of sp³-hybridized carbons (Fsp3) is 0.0714. The Bertz CT molecular complexity index is 708. The normalized spacial score (nSPS) is 10.8. The van der Waals surface area contributed by atoms with Gasteiger partial charge in [0.25, 0.3) is 0 Å². The van der Waals surface area contributed by atoms with E-state index >= 15 is 0 Å². The van der Waals surface area contributed by atoms with Gasteiger partial charge in [0.1, 0.15) is 17.7 Å². The van der Waals surface area contributed by atoms with E-state index in [0.29, 0.717) is 11.3 Å². The number of H-pyrrole nitrogens is 1. The first-order valence-corrected chi connectivity index (χ1v) is 5.58. The second-order valence-corrected chi connectivity index (χ2v) is 4.05. The van der Waals surface area contributed by atoms with Crippen LogP contribution in [0.1, 0.15) is 22.4 Å². The van der Waals surface area contributed by atoms with Gasteiger partial charge in [-0.2, -0.15) is 15.6 Å². The Kier molecular flexibility index (Phi) is 3.31. The highest BCUT2D eigenvalue weighted by atomic mass is 15.2. The maximum Gasteiger partial charge on any atom is 0.163 e. The molecule has 0 amide bonds. The molecule has 0 atom stereocenters. The molecular formula is C14H11N5. The molecule has 0 aliphatic rings. The summed E-state index contributed by atoms with van der Waals surface area (Å²) in [5.74, 6) is 0.0996. The van der Waals surface area contributed by atoms with Crippen LogP contribution in [0.15, 0.2) is 24.3 Å². The van der Waals surface area contributed by atoms with Crippen molar-refractivity contribution in [3.8, 4) is 12.1 Å². The molecule has 0 saturated heterocycles. The minimum Gasteiger partial charge on any atom is -0.381 e. The lowest BCUT2D eigenvalue weighted by molar-refractivity contribution is 1.08. The molecule has 2 rings (SSSR count). The van der Waals surface area contributed by atoms with Gasteiger partial charge in [0, 0.05) is 0 Å². The molecule has 0 aliphatic heterocycles. The second-order valence-electron chi connectivity index (χ2n) is 4.05. The smallest absolute Gasteiger partial charge is 0.163 e. The van der Waals surface area contributed by atoms with Gasteiger partial charge >= 0.3 is 0 Å². The lowest BCUT2D eigenvalue weighted by Gasteiger charge is -1.98. The predicted octanol–water partition coefficient (Wildman–Crippen LogP) is 2.24.